The Balaban J connectivity index is 1.35. The predicted octanol–water partition coefficient (Wildman–Crippen LogP) is 4.37. The maximum Gasteiger partial charge on any atom is 0.261 e. The fourth-order valence-corrected chi connectivity index (χ4v) is 5.05. The van der Waals surface area contributed by atoms with Crippen molar-refractivity contribution in [2.75, 3.05) is 23.1 Å². The number of carbonyl (C=O) groups is 1. The minimum absolute atomic E-state index is 0.0979. The van der Waals surface area contributed by atoms with Gasteiger partial charge in [-0.2, -0.15) is 0 Å². The molecule has 7 nitrogen and oxygen atoms in total. The van der Waals surface area contributed by atoms with Gasteiger partial charge in [-0.05, 0) is 79.4 Å². The number of anilines is 2. The van der Waals surface area contributed by atoms with Crippen molar-refractivity contribution in [2.24, 2.45) is 5.92 Å². The molecule has 0 radical (unpaired) electrons. The number of benzene rings is 2. The van der Waals surface area contributed by atoms with Crippen molar-refractivity contribution in [3.63, 3.8) is 0 Å². The van der Waals surface area contributed by atoms with E-state index in [-0.39, 0.29) is 10.8 Å². The van der Waals surface area contributed by atoms with Gasteiger partial charge >= 0.3 is 0 Å². The van der Waals surface area contributed by atoms with Crippen LogP contribution in [0.3, 0.4) is 0 Å². The summed E-state index contributed by atoms with van der Waals surface area (Å²) in [5, 5.41) is 2.82. The third kappa shape index (κ3) is 6.18. The zero-order valence-corrected chi connectivity index (χ0v) is 19.4. The fourth-order valence-electron chi connectivity index (χ4n) is 4.01. The Labute approximate surface area is 194 Å². The molecule has 0 aliphatic carbocycles. The molecule has 1 saturated heterocycles. The monoisotopic (exact) mass is 464 g/mol. The Bertz CT molecular complexity index is 1180. The van der Waals surface area contributed by atoms with Crippen molar-refractivity contribution in [1.29, 1.82) is 0 Å². The molecule has 1 fully saturated rings. The number of piperidine rings is 1. The van der Waals surface area contributed by atoms with Crippen LogP contribution >= 0.6 is 0 Å². The molecule has 2 heterocycles. The van der Waals surface area contributed by atoms with E-state index in [1.54, 1.807) is 30.5 Å². The second-order valence-corrected chi connectivity index (χ2v) is 10.2. The quantitative estimate of drug-likeness (QED) is 0.542. The lowest BCUT2D eigenvalue weighted by atomic mass is 9.99. The summed E-state index contributed by atoms with van der Waals surface area (Å²) in [7, 11) is -3.74. The summed E-state index contributed by atoms with van der Waals surface area (Å²) in [5.74, 6) is 0.494. The second kappa shape index (κ2) is 10.1. The van der Waals surface area contributed by atoms with Gasteiger partial charge in [-0.25, -0.2) is 8.42 Å². The molecular formula is C25H28N4O3S. The highest BCUT2D eigenvalue weighted by atomic mass is 32.2. The van der Waals surface area contributed by atoms with Gasteiger partial charge in [0.2, 0.25) is 0 Å². The van der Waals surface area contributed by atoms with Gasteiger partial charge in [-0.1, -0.05) is 19.1 Å². The van der Waals surface area contributed by atoms with Crippen LogP contribution in [0, 0.1) is 5.92 Å². The lowest BCUT2D eigenvalue weighted by Crippen LogP contribution is -2.33. The molecule has 2 N–H and O–H groups in total. The van der Waals surface area contributed by atoms with E-state index in [9.17, 15) is 13.2 Å². The number of nitrogens with zero attached hydrogens (tertiary/aromatic N) is 2. The third-order valence-electron chi connectivity index (χ3n) is 5.70. The summed E-state index contributed by atoms with van der Waals surface area (Å²) in [6.45, 7) is 5.43. The molecule has 0 bridgehead atoms. The number of nitrogens with one attached hydrogen (secondary N) is 2. The number of likely N-dealkylation sites (tertiary alicyclic amines) is 1. The Kier molecular flexibility index (Phi) is 7.05. The van der Waals surface area contributed by atoms with E-state index >= 15 is 0 Å². The summed E-state index contributed by atoms with van der Waals surface area (Å²) in [5.41, 5.74) is 2.65. The lowest BCUT2D eigenvalue weighted by Gasteiger charge is -2.30. The zero-order valence-electron chi connectivity index (χ0n) is 18.6. The maximum absolute atomic E-state index is 12.6. The molecule has 4 rings (SSSR count). The van der Waals surface area contributed by atoms with Gasteiger partial charge < -0.3 is 5.32 Å². The minimum atomic E-state index is -3.74. The molecule has 0 saturated carbocycles. The molecule has 1 aliphatic heterocycles. The van der Waals surface area contributed by atoms with Crippen LogP contribution in [0.4, 0.5) is 11.4 Å². The molecule has 2 aromatic carbocycles. The van der Waals surface area contributed by atoms with Gasteiger partial charge in [0, 0.05) is 30.5 Å². The fraction of sp³-hybridized carbons (Fsp3) is 0.280. The highest BCUT2D eigenvalue weighted by Crippen LogP contribution is 2.20. The van der Waals surface area contributed by atoms with Crippen LogP contribution in [0.25, 0.3) is 0 Å². The highest BCUT2D eigenvalue weighted by Gasteiger charge is 2.17. The number of amides is 1. The van der Waals surface area contributed by atoms with Gasteiger partial charge in [0.15, 0.2) is 0 Å². The first-order valence-corrected chi connectivity index (χ1v) is 12.5. The molecule has 1 aromatic heterocycles. The van der Waals surface area contributed by atoms with Crippen LogP contribution < -0.4 is 10.0 Å². The summed E-state index contributed by atoms with van der Waals surface area (Å²) >= 11 is 0. The molecule has 3 aromatic rings. The van der Waals surface area contributed by atoms with E-state index in [1.807, 2.05) is 24.3 Å². The second-order valence-electron chi connectivity index (χ2n) is 8.51. The molecular weight excluding hydrogens is 436 g/mol. The van der Waals surface area contributed by atoms with Gasteiger partial charge in [-0.3, -0.25) is 19.4 Å². The van der Waals surface area contributed by atoms with Gasteiger partial charge in [0.05, 0.1) is 16.8 Å². The topological polar surface area (TPSA) is 91.4 Å². The van der Waals surface area contributed by atoms with Crippen LogP contribution in [0.15, 0.2) is 78.0 Å². The summed E-state index contributed by atoms with van der Waals surface area (Å²) in [6.07, 6.45) is 5.53. The van der Waals surface area contributed by atoms with E-state index in [4.69, 9.17) is 0 Å². The van der Waals surface area contributed by atoms with Crippen molar-refractivity contribution < 1.29 is 13.2 Å². The average molecular weight is 465 g/mol. The Hall–Kier alpha value is -3.23. The van der Waals surface area contributed by atoms with Crippen LogP contribution in [0.5, 0.6) is 0 Å². The van der Waals surface area contributed by atoms with Gasteiger partial charge in [0.1, 0.15) is 0 Å². The van der Waals surface area contributed by atoms with Crippen molar-refractivity contribution in [3.8, 4) is 0 Å². The minimum Gasteiger partial charge on any atom is -0.322 e. The highest BCUT2D eigenvalue weighted by molar-refractivity contribution is 7.92. The van der Waals surface area contributed by atoms with E-state index < -0.39 is 10.0 Å². The maximum atomic E-state index is 12.6. The first-order chi connectivity index (χ1) is 15.9. The normalized spacial score (nSPS) is 16.8. The van der Waals surface area contributed by atoms with Crippen molar-refractivity contribution >= 4 is 27.3 Å². The number of aromatic nitrogens is 1. The summed E-state index contributed by atoms with van der Waals surface area (Å²) in [6, 6.07) is 17.0. The summed E-state index contributed by atoms with van der Waals surface area (Å²) < 4.78 is 27.5. The van der Waals surface area contributed by atoms with Gasteiger partial charge in [-0.15, -0.1) is 0 Å². The standard InChI is InChI=1S/C25H28N4O3S/c1-19-4-3-15-29(17-19)18-20-6-8-21(9-7-20)25(30)27-22-10-12-24(13-11-22)33(31,32)28-23-5-2-14-26-16-23/h2,5-14,16,19,28H,3-4,15,17-18H2,1H3,(H,27,30)/t19-/m0/s1. The molecule has 0 spiro atoms. The van der Waals surface area contributed by atoms with Crippen LogP contribution in [-0.2, 0) is 16.6 Å². The molecule has 1 amide bonds. The van der Waals surface area contributed by atoms with Crippen LogP contribution in [0.2, 0.25) is 0 Å². The van der Waals surface area contributed by atoms with Crippen LogP contribution in [0.1, 0.15) is 35.7 Å². The zero-order chi connectivity index (χ0) is 23.3. The SMILES string of the molecule is C[C@H]1CCCN(Cc2ccc(C(=O)Nc3ccc(S(=O)(=O)Nc4cccnc4)cc3)cc2)C1. The van der Waals surface area contributed by atoms with E-state index in [1.165, 1.54) is 36.7 Å². The summed E-state index contributed by atoms with van der Waals surface area (Å²) in [4.78, 5) is 19.1. The Morgan fingerprint density at radius 1 is 1.06 bits per heavy atom. The predicted molar refractivity (Wildman–Crippen MR) is 130 cm³/mol. The molecule has 0 unspecified atom stereocenters. The molecule has 1 atom stereocenters. The number of hydrogen-bond acceptors (Lipinski definition) is 5. The van der Waals surface area contributed by atoms with E-state index in [2.05, 4.69) is 26.8 Å². The van der Waals surface area contributed by atoms with Crippen molar-refractivity contribution in [3.05, 3.63) is 84.2 Å². The first-order valence-electron chi connectivity index (χ1n) is 11.0. The average Bonchev–Trinajstić information content (AvgIpc) is 2.80. The van der Waals surface area contributed by atoms with Crippen molar-refractivity contribution in [2.45, 2.75) is 31.2 Å². The van der Waals surface area contributed by atoms with Crippen LogP contribution in [-0.4, -0.2) is 37.3 Å². The number of carbonyl (C=O) groups excluding carboxylic acids is 1. The number of hydrogen-bond donors (Lipinski definition) is 2. The number of rotatable bonds is 7. The number of pyridine rings is 1. The Morgan fingerprint density at radius 3 is 2.48 bits per heavy atom. The number of sulfonamides is 1. The van der Waals surface area contributed by atoms with Gasteiger partial charge in [0.25, 0.3) is 15.9 Å². The first kappa shape index (κ1) is 22.9. The smallest absolute Gasteiger partial charge is 0.261 e. The molecule has 33 heavy (non-hydrogen) atoms. The largest absolute Gasteiger partial charge is 0.322 e. The lowest BCUT2D eigenvalue weighted by molar-refractivity contribution is 0.102. The molecule has 8 heteroatoms. The van der Waals surface area contributed by atoms with Crippen molar-refractivity contribution in [1.82, 2.24) is 9.88 Å². The third-order valence-corrected chi connectivity index (χ3v) is 7.10. The van der Waals surface area contributed by atoms with E-state index in [0.717, 1.165) is 25.6 Å². The Morgan fingerprint density at radius 2 is 1.82 bits per heavy atom. The molecule has 172 valence electrons. The van der Waals surface area contributed by atoms with E-state index in [0.29, 0.717) is 16.9 Å². The molecule has 1 aliphatic rings.